The van der Waals surface area contributed by atoms with Gasteiger partial charge in [0, 0.05) is 25.1 Å². The van der Waals surface area contributed by atoms with E-state index < -0.39 is 6.04 Å². The molecule has 1 aliphatic rings. The van der Waals surface area contributed by atoms with E-state index in [0.717, 1.165) is 5.56 Å². The number of ether oxygens (including phenoxy) is 1. The molecule has 0 spiro atoms. The van der Waals surface area contributed by atoms with Crippen LogP contribution in [0.25, 0.3) is 0 Å². The Labute approximate surface area is 112 Å². The van der Waals surface area contributed by atoms with Crippen LogP contribution in [0.3, 0.4) is 0 Å². The van der Waals surface area contributed by atoms with Crippen molar-refractivity contribution in [3.05, 3.63) is 29.8 Å². The summed E-state index contributed by atoms with van der Waals surface area (Å²) in [7, 11) is 1.64. The normalized spacial score (nSPS) is 22.6. The van der Waals surface area contributed by atoms with Crippen molar-refractivity contribution in [1.82, 2.24) is 4.90 Å². The average Bonchev–Trinajstić information content (AvgIpc) is 2.67. The lowest BCUT2D eigenvalue weighted by atomic mass is 9.91. The van der Waals surface area contributed by atoms with Crippen LogP contribution in [0, 0.1) is 0 Å². The molecule has 0 aromatic heterocycles. The third kappa shape index (κ3) is 2.54. The molecule has 1 amide bonds. The average molecular weight is 262 g/mol. The highest BCUT2D eigenvalue weighted by Crippen LogP contribution is 2.34. The number of nitrogen functional groups attached to an aromatic ring is 1. The molecule has 5 nitrogen and oxygen atoms in total. The zero-order valence-electron chi connectivity index (χ0n) is 11.1. The highest BCUT2D eigenvalue weighted by molar-refractivity contribution is 5.90. The fraction of sp³-hybridized carbons (Fsp3) is 0.429. The lowest BCUT2D eigenvalue weighted by Crippen LogP contribution is -2.39. The van der Waals surface area contributed by atoms with Crippen molar-refractivity contribution in [3.63, 3.8) is 0 Å². The van der Waals surface area contributed by atoms with Gasteiger partial charge in [-0.15, -0.1) is 0 Å². The fourth-order valence-electron chi connectivity index (χ4n) is 2.46. The molecule has 1 aliphatic heterocycles. The van der Waals surface area contributed by atoms with Crippen molar-refractivity contribution in [2.24, 2.45) is 0 Å². The van der Waals surface area contributed by atoms with Crippen LogP contribution in [0.5, 0.6) is 0 Å². The number of esters is 1. The molecule has 1 saturated heterocycles. The van der Waals surface area contributed by atoms with Gasteiger partial charge in [0.2, 0.25) is 5.91 Å². The highest BCUT2D eigenvalue weighted by Gasteiger charge is 2.43. The summed E-state index contributed by atoms with van der Waals surface area (Å²) < 4.78 is 5.06. The van der Waals surface area contributed by atoms with Crippen LogP contribution in [-0.2, 0) is 14.3 Å². The number of nitrogens with two attached hydrogens (primary N) is 1. The zero-order valence-corrected chi connectivity index (χ0v) is 11.1. The molecular weight excluding hydrogens is 244 g/mol. The van der Waals surface area contributed by atoms with Crippen molar-refractivity contribution in [3.8, 4) is 0 Å². The SMILES string of the molecule is CCOC(=O)C1C(c2ccc(N)cc2)CC(=O)N1C. The molecule has 1 fully saturated rings. The molecular formula is C14H18N2O3. The maximum atomic E-state index is 12.0. The van der Waals surface area contributed by atoms with Crippen LogP contribution in [0.15, 0.2) is 24.3 Å². The van der Waals surface area contributed by atoms with Crippen molar-refractivity contribution in [2.75, 3.05) is 19.4 Å². The van der Waals surface area contributed by atoms with Gasteiger partial charge in [0.05, 0.1) is 6.61 Å². The second-order valence-corrected chi connectivity index (χ2v) is 4.68. The van der Waals surface area contributed by atoms with Gasteiger partial charge in [-0.3, -0.25) is 4.79 Å². The number of nitrogens with zero attached hydrogens (tertiary/aromatic N) is 1. The Morgan fingerprint density at radius 3 is 2.63 bits per heavy atom. The van der Waals surface area contributed by atoms with Crippen LogP contribution in [0.4, 0.5) is 5.69 Å². The highest BCUT2D eigenvalue weighted by atomic mass is 16.5. The number of amides is 1. The summed E-state index contributed by atoms with van der Waals surface area (Å²) in [6.07, 6.45) is 0.323. The minimum absolute atomic E-state index is 0.0418. The van der Waals surface area contributed by atoms with E-state index >= 15 is 0 Å². The monoisotopic (exact) mass is 262 g/mol. The largest absolute Gasteiger partial charge is 0.464 e. The molecule has 0 bridgehead atoms. The number of carbonyl (C=O) groups is 2. The smallest absolute Gasteiger partial charge is 0.329 e. The van der Waals surface area contributed by atoms with E-state index in [2.05, 4.69) is 0 Å². The second-order valence-electron chi connectivity index (χ2n) is 4.68. The van der Waals surface area contributed by atoms with E-state index in [-0.39, 0.29) is 17.8 Å². The summed E-state index contributed by atoms with van der Waals surface area (Å²) in [5.74, 6) is -0.560. The van der Waals surface area contributed by atoms with Crippen LogP contribution >= 0.6 is 0 Å². The molecule has 1 aromatic carbocycles. The van der Waals surface area contributed by atoms with E-state index in [1.807, 2.05) is 12.1 Å². The van der Waals surface area contributed by atoms with Gasteiger partial charge in [-0.1, -0.05) is 12.1 Å². The van der Waals surface area contributed by atoms with E-state index in [1.54, 1.807) is 26.1 Å². The number of likely N-dealkylation sites (N-methyl/N-ethyl adjacent to an activating group) is 1. The second kappa shape index (κ2) is 5.30. The Morgan fingerprint density at radius 2 is 2.05 bits per heavy atom. The molecule has 0 saturated carbocycles. The number of hydrogen-bond donors (Lipinski definition) is 1. The van der Waals surface area contributed by atoms with Crippen LogP contribution < -0.4 is 5.73 Å². The van der Waals surface area contributed by atoms with Gasteiger partial charge in [-0.25, -0.2) is 4.79 Å². The number of carbonyl (C=O) groups excluding carboxylic acids is 2. The molecule has 2 rings (SSSR count). The van der Waals surface area contributed by atoms with Crippen LogP contribution in [-0.4, -0.2) is 36.5 Å². The van der Waals surface area contributed by atoms with Gasteiger partial charge in [-0.05, 0) is 24.6 Å². The van der Waals surface area contributed by atoms with Gasteiger partial charge in [0.25, 0.3) is 0 Å². The Balaban J connectivity index is 2.29. The number of rotatable bonds is 3. The van der Waals surface area contributed by atoms with Gasteiger partial charge < -0.3 is 15.4 Å². The minimum Gasteiger partial charge on any atom is -0.464 e. The van der Waals surface area contributed by atoms with Gasteiger partial charge in [0.15, 0.2) is 0 Å². The molecule has 0 aliphatic carbocycles. The third-order valence-electron chi connectivity index (χ3n) is 3.48. The predicted molar refractivity (Wildman–Crippen MR) is 71.4 cm³/mol. The quantitative estimate of drug-likeness (QED) is 0.655. The first-order valence-corrected chi connectivity index (χ1v) is 6.32. The fourth-order valence-corrected chi connectivity index (χ4v) is 2.46. The lowest BCUT2D eigenvalue weighted by molar-refractivity contribution is -0.150. The first kappa shape index (κ1) is 13.4. The Hall–Kier alpha value is -2.04. The molecule has 5 heteroatoms. The van der Waals surface area contributed by atoms with Crippen LogP contribution in [0.2, 0.25) is 0 Å². The Bertz CT molecular complexity index is 484. The standard InChI is InChI=1S/C14H18N2O3/c1-3-19-14(18)13-11(8-12(17)16(13)2)9-4-6-10(15)7-5-9/h4-7,11,13H,3,8,15H2,1-2H3. The van der Waals surface area contributed by atoms with E-state index in [0.29, 0.717) is 18.7 Å². The summed E-state index contributed by atoms with van der Waals surface area (Å²) in [5.41, 5.74) is 7.25. The number of benzene rings is 1. The molecule has 1 aromatic rings. The van der Waals surface area contributed by atoms with E-state index in [1.165, 1.54) is 4.90 Å². The third-order valence-corrected chi connectivity index (χ3v) is 3.48. The van der Waals surface area contributed by atoms with Gasteiger partial charge in [-0.2, -0.15) is 0 Å². The molecule has 2 unspecified atom stereocenters. The van der Waals surface area contributed by atoms with Crippen molar-refractivity contribution < 1.29 is 14.3 Å². The maximum Gasteiger partial charge on any atom is 0.329 e. The number of likely N-dealkylation sites (tertiary alicyclic amines) is 1. The van der Waals surface area contributed by atoms with E-state index in [4.69, 9.17) is 10.5 Å². The molecule has 2 N–H and O–H groups in total. The zero-order chi connectivity index (χ0) is 14.0. The molecule has 2 atom stereocenters. The predicted octanol–water partition coefficient (Wildman–Crippen LogP) is 1.15. The molecule has 19 heavy (non-hydrogen) atoms. The summed E-state index contributed by atoms with van der Waals surface area (Å²) >= 11 is 0. The summed E-state index contributed by atoms with van der Waals surface area (Å²) in [6, 6.07) is 6.73. The summed E-state index contributed by atoms with van der Waals surface area (Å²) in [5, 5.41) is 0. The van der Waals surface area contributed by atoms with Crippen molar-refractivity contribution in [1.29, 1.82) is 0 Å². The Morgan fingerprint density at radius 1 is 1.42 bits per heavy atom. The first-order chi connectivity index (χ1) is 9.04. The van der Waals surface area contributed by atoms with Crippen molar-refractivity contribution in [2.45, 2.75) is 25.3 Å². The summed E-state index contributed by atoms with van der Waals surface area (Å²) in [6.45, 7) is 2.07. The van der Waals surface area contributed by atoms with Crippen LogP contribution in [0.1, 0.15) is 24.8 Å². The maximum absolute atomic E-state index is 12.0. The molecule has 1 heterocycles. The molecule has 102 valence electrons. The minimum atomic E-state index is -0.545. The number of anilines is 1. The first-order valence-electron chi connectivity index (χ1n) is 6.32. The number of hydrogen-bond acceptors (Lipinski definition) is 4. The lowest BCUT2D eigenvalue weighted by Gasteiger charge is -2.23. The topological polar surface area (TPSA) is 72.6 Å². The van der Waals surface area contributed by atoms with Crippen molar-refractivity contribution >= 4 is 17.6 Å². The summed E-state index contributed by atoms with van der Waals surface area (Å²) in [4.78, 5) is 25.3. The van der Waals surface area contributed by atoms with Gasteiger partial charge >= 0.3 is 5.97 Å². The van der Waals surface area contributed by atoms with E-state index in [9.17, 15) is 9.59 Å². The Kier molecular flexibility index (Phi) is 3.74. The van der Waals surface area contributed by atoms with Gasteiger partial charge in [0.1, 0.15) is 6.04 Å². The molecule has 0 radical (unpaired) electrons.